The molecule has 0 aromatic carbocycles. The smallest absolute Gasteiger partial charge is 0.0700 e. The fraction of sp³-hybridized carbons (Fsp3) is 1.00. The van der Waals surface area contributed by atoms with E-state index in [-0.39, 0.29) is 5.54 Å². The van der Waals surface area contributed by atoms with E-state index in [1.807, 2.05) is 0 Å². The highest BCUT2D eigenvalue weighted by molar-refractivity contribution is 4.86. The normalized spacial score (nSPS) is 33.8. The average Bonchev–Trinajstić information content (AvgIpc) is 1.92. The van der Waals surface area contributed by atoms with Gasteiger partial charge in [0.25, 0.3) is 0 Å². The summed E-state index contributed by atoms with van der Waals surface area (Å²) in [5.74, 6) is 0. The van der Waals surface area contributed by atoms with E-state index < -0.39 is 0 Å². The first-order valence-electron chi connectivity index (χ1n) is 4.81. The highest BCUT2D eigenvalue weighted by Gasteiger charge is 2.32. The molecule has 0 bridgehead atoms. The first-order valence-corrected chi connectivity index (χ1v) is 4.81. The Morgan fingerprint density at radius 3 is 2.25 bits per heavy atom. The summed E-state index contributed by atoms with van der Waals surface area (Å²) in [6, 6.07) is 0.541. The first-order chi connectivity index (χ1) is 5.43. The summed E-state index contributed by atoms with van der Waals surface area (Å²) in [5.41, 5.74) is 0.275. The van der Waals surface area contributed by atoms with E-state index in [0.29, 0.717) is 12.1 Å². The van der Waals surface area contributed by atoms with Gasteiger partial charge in [0.05, 0.1) is 12.7 Å². The van der Waals surface area contributed by atoms with Gasteiger partial charge in [-0.15, -0.1) is 0 Å². The van der Waals surface area contributed by atoms with Gasteiger partial charge in [-0.25, -0.2) is 0 Å². The van der Waals surface area contributed by atoms with Gasteiger partial charge in [0, 0.05) is 18.1 Å². The largest absolute Gasteiger partial charge is 0.376 e. The molecule has 1 saturated heterocycles. The summed E-state index contributed by atoms with van der Waals surface area (Å²) in [6.07, 6.45) is 0.373. The monoisotopic (exact) mass is 171 g/mol. The SMILES string of the molecule is CC1[C@@H](C)OCCN1C(C)(C)C. The zero-order chi connectivity index (χ0) is 9.35. The Balaban J connectivity index is 2.64. The van der Waals surface area contributed by atoms with Crippen LogP contribution in [0.3, 0.4) is 0 Å². The van der Waals surface area contributed by atoms with Crippen LogP contribution in [0.25, 0.3) is 0 Å². The van der Waals surface area contributed by atoms with Crippen molar-refractivity contribution in [1.29, 1.82) is 0 Å². The summed E-state index contributed by atoms with van der Waals surface area (Å²) < 4.78 is 5.57. The van der Waals surface area contributed by atoms with Crippen LogP contribution in [0, 0.1) is 0 Å². The second-order valence-electron chi connectivity index (χ2n) is 4.68. The molecule has 1 aliphatic heterocycles. The maximum absolute atomic E-state index is 5.57. The van der Waals surface area contributed by atoms with E-state index in [4.69, 9.17) is 4.74 Å². The molecule has 2 nitrogen and oxygen atoms in total. The molecule has 0 amide bonds. The zero-order valence-corrected chi connectivity index (χ0v) is 8.92. The highest BCUT2D eigenvalue weighted by Crippen LogP contribution is 2.22. The Kier molecular flexibility index (Phi) is 2.79. The van der Waals surface area contributed by atoms with Gasteiger partial charge in [-0.3, -0.25) is 4.90 Å². The first kappa shape index (κ1) is 10.0. The van der Waals surface area contributed by atoms with E-state index in [1.165, 1.54) is 0 Å². The zero-order valence-electron chi connectivity index (χ0n) is 8.92. The van der Waals surface area contributed by atoms with Crippen molar-refractivity contribution in [3.8, 4) is 0 Å². The molecule has 0 aliphatic carbocycles. The van der Waals surface area contributed by atoms with Crippen LogP contribution >= 0.6 is 0 Å². The van der Waals surface area contributed by atoms with Crippen molar-refractivity contribution in [3.63, 3.8) is 0 Å². The molecule has 0 aromatic rings. The second-order valence-corrected chi connectivity index (χ2v) is 4.68. The highest BCUT2D eigenvalue weighted by atomic mass is 16.5. The summed E-state index contributed by atoms with van der Waals surface area (Å²) in [6.45, 7) is 13.1. The summed E-state index contributed by atoms with van der Waals surface area (Å²) in [4.78, 5) is 2.52. The van der Waals surface area contributed by atoms with Gasteiger partial charge < -0.3 is 4.74 Å². The van der Waals surface area contributed by atoms with Gasteiger partial charge in [-0.1, -0.05) is 0 Å². The molecule has 0 saturated carbocycles. The number of hydrogen-bond acceptors (Lipinski definition) is 2. The molecule has 72 valence electrons. The van der Waals surface area contributed by atoms with Crippen molar-refractivity contribution < 1.29 is 4.74 Å². The summed E-state index contributed by atoms with van der Waals surface area (Å²) >= 11 is 0. The van der Waals surface area contributed by atoms with Crippen LogP contribution in [0.5, 0.6) is 0 Å². The van der Waals surface area contributed by atoms with Crippen molar-refractivity contribution >= 4 is 0 Å². The number of hydrogen-bond donors (Lipinski definition) is 0. The fourth-order valence-electron chi connectivity index (χ4n) is 1.88. The molecule has 1 unspecified atom stereocenters. The van der Waals surface area contributed by atoms with E-state index >= 15 is 0 Å². The van der Waals surface area contributed by atoms with Crippen molar-refractivity contribution in [2.75, 3.05) is 13.2 Å². The van der Waals surface area contributed by atoms with E-state index in [9.17, 15) is 0 Å². The third-order valence-electron chi connectivity index (χ3n) is 2.75. The number of ether oxygens (including phenoxy) is 1. The van der Waals surface area contributed by atoms with Crippen LogP contribution in [-0.4, -0.2) is 35.7 Å². The minimum atomic E-state index is 0.275. The second kappa shape index (κ2) is 3.35. The van der Waals surface area contributed by atoms with Gasteiger partial charge >= 0.3 is 0 Å². The van der Waals surface area contributed by atoms with Gasteiger partial charge in [0.2, 0.25) is 0 Å². The van der Waals surface area contributed by atoms with E-state index in [2.05, 4.69) is 39.5 Å². The Bertz CT molecular complexity index is 150. The molecule has 2 heteroatoms. The lowest BCUT2D eigenvalue weighted by Crippen LogP contribution is -2.56. The van der Waals surface area contributed by atoms with Crippen molar-refractivity contribution in [1.82, 2.24) is 4.90 Å². The number of nitrogens with zero attached hydrogens (tertiary/aromatic N) is 1. The maximum Gasteiger partial charge on any atom is 0.0700 e. The lowest BCUT2D eigenvalue weighted by molar-refractivity contribution is -0.0870. The van der Waals surface area contributed by atoms with Crippen LogP contribution in [-0.2, 0) is 4.74 Å². The van der Waals surface area contributed by atoms with Crippen LogP contribution in [0.2, 0.25) is 0 Å². The molecule has 2 atom stereocenters. The lowest BCUT2D eigenvalue weighted by atomic mass is 10.00. The van der Waals surface area contributed by atoms with Crippen molar-refractivity contribution in [2.24, 2.45) is 0 Å². The predicted octanol–water partition coefficient (Wildman–Crippen LogP) is 1.89. The third-order valence-corrected chi connectivity index (χ3v) is 2.75. The Morgan fingerprint density at radius 1 is 1.25 bits per heavy atom. The molecule has 0 spiro atoms. The molecular formula is C10H21NO. The molecule has 0 radical (unpaired) electrons. The average molecular weight is 171 g/mol. The van der Waals surface area contributed by atoms with E-state index in [0.717, 1.165) is 13.2 Å². The molecule has 12 heavy (non-hydrogen) atoms. The molecule has 1 aliphatic rings. The summed E-state index contributed by atoms with van der Waals surface area (Å²) in [5, 5.41) is 0. The van der Waals surface area contributed by atoms with Crippen LogP contribution < -0.4 is 0 Å². The number of morpholine rings is 1. The van der Waals surface area contributed by atoms with E-state index in [1.54, 1.807) is 0 Å². The standard InChI is InChI=1S/C10H21NO/c1-8-9(2)12-7-6-11(8)10(3,4)5/h8-9H,6-7H2,1-5H3/t8?,9-/m1/s1. The van der Waals surface area contributed by atoms with Crippen molar-refractivity contribution in [2.45, 2.75) is 52.3 Å². The predicted molar refractivity (Wildman–Crippen MR) is 51.3 cm³/mol. The minimum Gasteiger partial charge on any atom is -0.376 e. The summed E-state index contributed by atoms with van der Waals surface area (Å²) in [7, 11) is 0. The quantitative estimate of drug-likeness (QED) is 0.552. The minimum absolute atomic E-state index is 0.275. The molecule has 1 rings (SSSR count). The molecule has 1 fully saturated rings. The topological polar surface area (TPSA) is 12.5 Å². The molecular weight excluding hydrogens is 150 g/mol. The maximum atomic E-state index is 5.57. The molecule has 1 heterocycles. The van der Waals surface area contributed by atoms with Gasteiger partial charge in [0.1, 0.15) is 0 Å². The van der Waals surface area contributed by atoms with Crippen LogP contribution in [0.1, 0.15) is 34.6 Å². The lowest BCUT2D eigenvalue weighted by Gasteiger charge is -2.45. The third kappa shape index (κ3) is 1.99. The van der Waals surface area contributed by atoms with Gasteiger partial charge in [0.15, 0.2) is 0 Å². The molecule has 0 N–H and O–H groups in total. The van der Waals surface area contributed by atoms with Gasteiger partial charge in [-0.05, 0) is 34.6 Å². The Hall–Kier alpha value is -0.0800. The Labute approximate surface area is 75.9 Å². The number of rotatable bonds is 0. The van der Waals surface area contributed by atoms with Crippen LogP contribution in [0.4, 0.5) is 0 Å². The fourth-order valence-corrected chi connectivity index (χ4v) is 1.88. The Morgan fingerprint density at radius 2 is 1.83 bits per heavy atom. The van der Waals surface area contributed by atoms with Crippen molar-refractivity contribution in [3.05, 3.63) is 0 Å². The van der Waals surface area contributed by atoms with Crippen LogP contribution in [0.15, 0.2) is 0 Å². The molecule has 0 aromatic heterocycles. The van der Waals surface area contributed by atoms with Gasteiger partial charge in [-0.2, -0.15) is 0 Å².